The van der Waals surface area contributed by atoms with Gasteiger partial charge < -0.3 is 24.1 Å². The number of esters is 4. The van der Waals surface area contributed by atoms with Crippen LogP contribution >= 0.6 is 34.0 Å². The van der Waals surface area contributed by atoms with Crippen LogP contribution in [-0.4, -0.2) is 46.3 Å². The van der Waals surface area contributed by atoms with Gasteiger partial charge in [0.25, 0.3) is 0 Å². The Morgan fingerprint density at radius 1 is 0.371 bits per heavy atom. The molecule has 10 aromatic carbocycles. The van der Waals surface area contributed by atoms with E-state index in [4.69, 9.17) is 18.9 Å². The minimum absolute atomic E-state index is 0.00576. The second-order valence-electron chi connectivity index (χ2n) is 24.5. The molecule has 0 saturated heterocycles. The fourth-order valence-corrected chi connectivity index (χ4v) is 18.7. The quantitative estimate of drug-likeness (QED) is 0.0273. The number of hydrogen-bond acceptors (Lipinski definition) is 15. The highest BCUT2D eigenvalue weighted by atomic mass is 32.1. The van der Waals surface area contributed by atoms with Gasteiger partial charge in [-0.2, -0.15) is 0 Å². The first kappa shape index (κ1) is 59.4. The van der Waals surface area contributed by atoms with Crippen LogP contribution in [0.2, 0.25) is 0 Å². The van der Waals surface area contributed by atoms with E-state index in [1.165, 1.54) is 34.8 Å². The van der Waals surface area contributed by atoms with Crippen molar-refractivity contribution in [2.45, 2.75) is 43.4 Å². The highest BCUT2D eigenvalue weighted by molar-refractivity contribution is 7.39. The molecular weight excluding hydrogens is 1270 g/mol. The summed E-state index contributed by atoms with van der Waals surface area (Å²) < 4.78 is 27.3. The molecule has 17 rings (SSSR count). The van der Waals surface area contributed by atoms with Crippen molar-refractivity contribution in [3.8, 4) is 0 Å². The molecule has 1 unspecified atom stereocenters. The SMILES string of the molecule is O=C1C(=CC2=Cc3sc4c(sc5c6c(sc54)C=C(/C=C4/C(=O)c5cc7cc8ccccc8cc7cc5C4O)C6(C(=O)OCc4ccccc4)C(=O)OCc4ccccc4)c3C2(C(=O)OCc2ccccc2)C(=O)OCc2ccccc2)C(=O)c2cc3cc4ccccc4cc3cc21. The zero-order valence-electron chi connectivity index (χ0n) is 51.2. The number of thiophene rings is 3. The molecule has 0 aliphatic heterocycles. The molecule has 0 amide bonds. The summed E-state index contributed by atoms with van der Waals surface area (Å²) in [7, 11) is 0. The number of Topliss-reactive ketones (excluding diaryl/α,β-unsaturated/α-hetero) is 3. The lowest BCUT2D eigenvalue weighted by Gasteiger charge is -2.29. The average molecular weight is 1320 g/mol. The molecule has 13 aromatic rings. The molecule has 0 spiro atoms. The number of carbonyl (C=O) groups is 7. The molecule has 4 aliphatic rings. The molecule has 1 atom stereocenters. The second-order valence-corrected chi connectivity index (χ2v) is 27.7. The van der Waals surface area contributed by atoms with Gasteiger partial charge in [0.2, 0.25) is 10.8 Å². The number of carbonyl (C=O) groups excluding carboxylic acids is 7. The number of ether oxygens (including phenoxy) is 4. The summed E-state index contributed by atoms with van der Waals surface area (Å²) in [6.07, 6.45) is 4.57. The number of hydrogen-bond donors (Lipinski definition) is 1. The Labute approximate surface area is 564 Å². The zero-order chi connectivity index (χ0) is 65.8. The molecule has 3 heterocycles. The van der Waals surface area contributed by atoms with Gasteiger partial charge >= 0.3 is 23.9 Å². The molecule has 468 valence electrons. The largest absolute Gasteiger partial charge is 0.459 e. The lowest BCUT2D eigenvalue weighted by atomic mass is 9.76. The molecule has 0 radical (unpaired) electrons. The average Bonchev–Trinajstić information content (AvgIpc) is 1.51. The molecule has 12 nitrogen and oxygen atoms in total. The smallest absolute Gasteiger partial charge is 0.333 e. The van der Waals surface area contributed by atoms with Gasteiger partial charge in [-0.05, 0) is 155 Å². The molecule has 0 bridgehead atoms. The monoisotopic (exact) mass is 1320 g/mol. The Balaban J connectivity index is 0.860. The minimum Gasteiger partial charge on any atom is -0.459 e. The summed E-state index contributed by atoms with van der Waals surface area (Å²) in [5.74, 6) is -5.86. The van der Waals surface area contributed by atoms with Crippen LogP contribution in [0.4, 0.5) is 0 Å². The van der Waals surface area contributed by atoms with Gasteiger partial charge in [-0.25, -0.2) is 0 Å². The number of aliphatic hydroxyl groups is 1. The molecule has 3 aromatic heterocycles. The van der Waals surface area contributed by atoms with Crippen molar-refractivity contribution < 1.29 is 57.6 Å². The molecule has 0 saturated carbocycles. The fraction of sp³-hybridized carbons (Fsp3) is 0.0854. The Kier molecular flexibility index (Phi) is 14.2. The molecule has 97 heavy (non-hydrogen) atoms. The highest BCUT2D eigenvalue weighted by Crippen LogP contribution is 2.61. The van der Waals surface area contributed by atoms with Crippen molar-refractivity contribution in [1.82, 2.24) is 0 Å². The summed E-state index contributed by atoms with van der Waals surface area (Å²) in [6, 6.07) is 66.4. The van der Waals surface area contributed by atoms with Crippen molar-refractivity contribution in [2.75, 3.05) is 0 Å². The Hall–Kier alpha value is -11.3. The first-order valence-corrected chi connectivity index (χ1v) is 33.8. The zero-order valence-corrected chi connectivity index (χ0v) is 53.6. The number of fused-ring (bicyclic) bond motifs is 13. The van der Waals surface area contributed by atoms with E-state index in [2.05, 4.69) is 0 Å². The number of allylic oxidation sites excluding steroid dienone is 3. The van der Waals surface area contributed by atoms with E-state index in [-0.39, 0.29) is 76.5 Å². The predicted octanol–water partition coefficient (Wildman–Crippen LogP) is 16.9. The number of rotatable bonds is 14. The minimum atomic E-state index is -2.52. The van der Waals surface area contributed by atoms with Crippen LogP contribution in [0, 0.1) is 0 Å². The van der Waals surface area contributed by atoms with Crippen LogP contribution in [-0.2, 0) is 75.4 Å². The lowest BCUT2D eigenvalue weighted by molar-refractivity contribution is -0.166. The molecule has 1 N–H and O–H groups in total. The van der Waals surface area contributed by atoms with E-state index >= 15 is 24.0 Å². The van der Waals surface area contributed by atoms with Crippen molar-refractivity contribution in [3.63, 3.8) is 0 Å². The Morgan fingerprint density at radius 2 is 0.701 bits per heavy atom. The van der Waals surface area contributed by atoms with Crippen LogP contribution < -0.4 is 0 Å². The first-order valence-electron chi connectivity index (χ1n) is 31.4. The maximum atomic E-state index is 16.1. The van der Waals surface area contributed by atoms with Gasteiger partial charge in [-0.15, -0.1) is 34.0 Å². The molecular formula is C82H50O12S3. The second kappa shape index (κ2) is 23.2. The summed E-state index contributed by atoms with van der Waals surface area (Å²) in [5.41, 5.74) is -1.67. The molecule has 15 heteroatoms. The van der Waals surface area contributed by atoms with Crippen LogP contribution in [0.3, 0.4) is 0 Å². The van der Waals surface area contributed by atoms with Gasteiger partial charge in [0.15, 0.2) is 17.3 Å². The lowest BCUT2D eigenvalue weighted by Crippen LogP contribution is -2.46. The van der Waals surface area contributed by atoms with Gasteiger partial charge in [-0.3, -0.25) is 33.6 Å². The van der Waals surface area contributed by atoms with E-state index in [0.29, 0.717) is 56.4 Å². The van der Waals surface area contributed by atoms with Crippen molar-refractivity contribution in [2.24, 2.45) is 0 Å². The van der Waals surface area contributed by atoms with Gasteiger partial charge in [0.05, 0.1) is 24.4 Å². The third-order valence-electron chi connectivity index (χ3n) is 18.9. The van der Waals surface area contributed by atoms with Crippen molar-refractivity contribution >= 4 is 149 Å². The maximum Gasteiger partial charge on any atom is 0.333 e. The Bertz CT molecular complexity index is 5570. The fourth-order valence-electron chi connectivity index (χ4n) is 14.1. The van der Waals surface area contributed by atoms with Crippen LogP contribution in [0.1, 0.15) is 85.9 Å². The molecule has 4 aliphatic carbocycles. The van der Waals surface area contributed by atoms with E-state index in [1.54, 1.807) is 133 Å². The number of ketones is 3. The van der Waals surface area contributed by atoms with Crippen molar-refractivity contribution in [1.29, 1.82) is 0 Å². The van der Waals surface area contributed by atoms with Crippen LogP contribution in [0.25, 0.3) is 74.0 Å². The summed E-state index contributed by atoms with van der Waals surface area (Å²) >= 11 is 3.61. The number of benzene rings is 10. The number of aliphatic hydroxyl groups excluding tert-OH is 1. The normalized spacial score (nSPS) is 16.1. The van der Waals surface area contributed by atoms with Crippen LogP contribution in [0.5, 0.6) is 0 Å². The van der Waals surface area contributed by atoms with E-state index in [9.17, 15) is 14.7 Å². The predicted molar refractivity (Wildman–Crippen MR) is 376 cm³/mol. The summed E-state index contributed by atoms with van der Waals surface area (Å²) in [6.45, 7) is -1.11. The summed E-state index contributed by atoms with van der Waals surface area (Å²) in [5, 5.41) is 19.3. The van der Waals surface area contributed by atoms with Gasteiger partial charge in [0.1, 0.15) is 32.5 Å². The molecule has 0 fully saturated rings. The van der Waals surface area contributed by atoms with E-state index < -0.39 is 58.2 Å². The van der Waals surface area contributed by atoms with Crippen LogP contribution in [0.15, 0.2) is 253 Å². The van der Waals surface area contributed by atoms with E-state index in [1.807, 2.05) is 97.1 Å². The van der Waals surface area contributed by atoms with E-state index in [0.717, 1.165) is 54.4 Å². The van der Waals surface area contributed by atoms with Gasteiger partial charge in [0, 0.05) is 43.1 Å². The standard InChI is InChI=1S/C82H50O12S3/c83-69-59-33-53-29-49-25-13-14-26-50(49)30-54(53)34-60(59)70(84)63(69)37-57-39-65-67(81(57,77(87)91-41-45-17-5-1-6-18-45)78(88)92-42-46-19-7-2-8-20-46)73-75(95-65)76-74(97-73)68-66(96-76)40-58(38-64-71(85)61-35-55-31-51-27-15-16-28-52(51)32-56(55)36-62(61)72(64)86)82(68,79(89)93-43-47-21-9-3-10-22-47)80(90)94-44-48-23-11-4-12-24-48/h1-40,69,83H,41-44H2/b63-37+. The van der Waals surface area contributed by atoms with Gasteiger partial charge in [-0.1, -0.05) is 170 Å². The summed E-state index contributed by atoms with van der Waals surface area (Å²) in [4.78, 5) is 110. The first-order chi connectivity index (χ1) is 47.3. The topological polar surface area (TPSA) is 177 Å². The Morgan fingerprint density at radius 3 is 1.07 bits per heavy atom. The maximum absolute atomic E-state index is 16.1. The highest BCUT2D eigenvalue weighted by Gasteiger charge is 2.62. The third kappa shape index (κ3) is 9.51. The third-order valence-corrected chi connectivity index (χ3v) is 22.8. The van der Waals surface area contributed by atoms with Crippen molar-refractivity contribution in [3.05, 3.63) is 318 Å².